The SMILES string of the molecule is CC(C)=CCC[C@@H](C)[C@@H]1CC/C(C)=C\C/C=C2/CO[C@H](O)[C@@H]21. The number of aliphatic hydroxyl groups is 1. The molecule has 0 spiro atoms. The number of fused-ring (bicyclic) bond motifs is 1. The molecule has 1 fully saturated rings. The van der Waals surface area contributed by atoms with Crippen molar-refractivity contribution in [3.05, 3.63) is 34.9 Å². The van der Waals surface area contributed by atoms with Crippen molar-refractivity contribution >= 4 is 0 Å². The van der Waals surface area contributed by atoms with Crippen molar-refractivity contribution in [2.45, 2.75) is 66.1 Å². The second-order valence-corrected chi connectivity index (χ2v) is 7.33. The molecule has 124 valence electrons. The fraction of sp³-hybridized carbons (Fsp3) is 0.700. The van der Waals surface area contributed by atoms with Gasteiger partial charge in [0.25, 0.3) is 0 Å². The van der Waals surface area contributed by atoms with Crippen molar-refractivity contribution < 1.29 is 9.84 Å². The molecule has 0 radical (unpaired) electrons. The van der Waals surface area contributed by atoms with Gasteiger partial charge in [0.05, 0.1) is 6.61 Å². The van der Waals surface area contributed by atoms with E-state index in [-0.39, 0.29) is 5.92 Å². The molecule has 4 atom stereocenters. The number of ether oxygens (including phenoxy) is 1. The first-order chi connectivity index (χ1) is 10.5. The van der Waals surface area contributed by atoms with Crippen molar-refractivity contribution in [2.24, 2.45) is 17.8 Å². The Hall–Kier alpha value is -0.860. The highest BCUT2D eigenvalue weighted by atomic mass is 16.6. The predicted octanol–water partition coefficient (Wildman–Crippen LogP) is 5.01. The summed E-state index contributed by atoms with van der Waals surface area (Å²) in [6.45, 7) is 9.51. The minimum absolute atomic E-state index is 0.195. The molecular weight excluding hydrogens is 272 g/mol. The zero-order valence-corrected chi connectivity index (χ0v) is 14.6. The fourth-order valence-corrected chi connectivity index (χ4v) is 3.82. The lowest BCUT2D eigenvalue weighted by atomic mass is 9.74. The maximum absolute atomic E-state index is 10.3. The molecule has 0 bridgehead atoms. The van der Waals surface area contributed by atoms with E-state index >= 15 is 0 Å². The molecule has 0 unspecified atom stereocenters. The molecule has 1 saturated heterocycles. The molecule has 0 saturated carbocycles. The van der Waals surface area contributed by atoms with Gasteiger partial charge in [-0.2, -0.15) is 0 Å². The molecule has 0 aromatic heterocycles. The number of hydrogen-bond donors (Lipinski definition) is 1. The molecule has 22 heavy (non-hydrogen) atoms. The quantitative estimate of drug-likeness (QED) is 0.740. The van der Waals surface area contributed by atoms with Gasteiger partial charge in [0, 0.05) is 5.92 Å². The Labute approximate surface area is 136 Å². The van der Waals surface area contributed by atoms with Crippen LogP contribution < -0.4 is 0 Å². The lowest BCUT2D eigenvalue weighted by Gasteiger charge is -2.31. The summed E-state index contributed by atoms with van der Waals surface area (Å²) in [5.41, 5.74) is 4.19. The van der Waals surface area contributed by atoms with Crippen LogP contribution in [-0.2, 0) is 4.74 Å². The van der Waals surface area contributed by atoms with E-state index in [0.29, 0.717) is 18.4 Å². The Balaban J connectivity index is 2.13. The third-order valence-corrected chi connectivity index (χ3v) is 5.24. The van der Waals surface area contributed by atoms with E-state index in [4.69, 9.17) is 4.74 Å². The third kappa shape index (κ3) is 4.57. The molecule has 2 rings (SSSR count). The number of allylic oxidation sites excluding steroid dienone is 5. The van der Waals surface area contributed by atoms with Gasteiger partial charge in [-0.05, 0) is 70.3 Å². The van der Waals surface area contributed by atoms with Crippen LogP contribution in [0.15, 0.2) is 34.9 Å². The summed E-state index contributed by atoms with van der Waals surface area (Å²) in [6, 6.07) is 0. The molecule has 0 aromatic rings. The van der Waals surface area contributed by atoms with Gasteiger partial charge in [0.2, 0.25) is 0 Å². The Morgan fingerprint density at radius 1 is 1.41 bits per heavy atom. The van der Waals surface area contributed by atoms with Crippen molar-refractivity contribution in [3.8, 4) is 0 Å². The van der Waals surface area contributed by atoms with E-state index in [1.807, 2.05) is 0 Å². The van der Waals surface area contributed by atoms with Gasteiger partial charge < -0.3 is 9.84 Å². The molecule has 2 aliphatic rings. The Bertz CT molecular complexity index is 454. The maximum Gasteiger partial charge on any atom is 0.161 e. The molecule has 1 aliphatic heterocycles. The van der Waals surface area contributed by atoms with Crippen LogP contribution >= 0.6 is 0 Å². The van der Waals surface area contributed by atoms with Crippen LogP contribution in [-0.4, -0.2) is 18.0 Å². The van der Waals surface area contributed by atoms with E-state index in [9.17, 15) is 5.11 Å². The second kappa shape index (κ2) is 8.12. The molecule has 1 N–H and O–H groups in total. The summed E-state index contributed by atoms with van der Waals surface area (Å²) in [7, 11) is 0. The molecule has 1 heterocycles. The number of aliphatic hydroxyl groups excluding tert-OH is 1. The van der Waals surface area contributed by atoms with Crippen LogP contribution in [0.25, 0.3) is 0 Å². The van der Waals surface area contributed by atoms with Crippen molar-refractivity contribution in [1.82, 2.24) is 0 Å². The molecule has 0 amide bonds. The smallest absolute Gasteiger partial charge is 0.161 e. The number of hydrogen-bond acceptors (Lipinski definition) is 2. The average Bonchev–Trinajstić information content (AvgIpc) is 2.83. The summed E-state index contributed by atoms with van der Waals surface area (Å²) in [6.07, 6.45) is 11.9. The number of rotatable bonds is 4. The highest BCUT2D eigenvalue weighted by Gasteiger charge is 2.39. The first-order valence-electron chi connectivity index (χ1n) is 8.76. The highest BCUT2D eigenvalue weighted by Crippen LogP contribution is 2.41. The monoisotopic (exact) mass is 304 g/mol. The zero-order chi connectivity index (χ0) is 16.1. The standard InChI is InChI=1S/C20H32O2/c1-14(2)7-5-9-16(4)18-12-11-15(3)8-6-10-17-13-22-20(21)19(17)18/h7-8,10,16,18-21H,5-6,9,11-13H2,1-4H3/b15-8-,17-10-/t16-,18+,19+,20+/m1/s1. The van der Waals surface area contributed by atoms with Gasteiger partial charge in [-0.1, -0.05) is 36.3 Å². The fourth-order valence-electron chi connectivity index (χ4n) is 3.82. The van der Waals surface area contributed by atoms with Crippen LogP contribution in [0.1, 0.15) is 59.8 Å². The van der Waals surface area contributed by atoms with Gasteiger partial charge in [0.15, 0.2) is 6.29 Å². The predicted molar refractivity (Wildman–Crippen MR) is 92.5 cm³/mol. The molecule has 2 heteroatoms. The zero-order valence-electron chi connectivity index (χ0n) is 14.6. The van der Waals surface area contributed by atoms with Gasteiger partial charge in [-0.3, -0.25) is 0 Å². The molecular formula is C20H32O2. The van der Waals surface area contributed by atoms with Crippen molar-refractivity contribution in [1.29, 1.82) is 0 Å². The summed E-state index contributed by atoms with van der Waals surface area (Å²) >= 11 is 0. The maximum atomic E-state index is 10.3. The summed E-state index contributed by atoms with van der Waals surface area (Å²) < 4.78 is 5.56. The second-order valence-electron chi connectivity index (χ2n) is 7.33. The lowest BCUT2D eigenvalue weighted by molar-refractivity contribution is -0.0976. The summed E-state index contributed by atoms with van der Waals surface area (Å²) in [5, 5.41) is 10.3. The van der Waals surface area contributed by atoms with Crippen molar-refractivity contribution in [3.63, 3.8) is 0 Å². The third-order valence-electron chi connectivity index (χ3n) is 5.24. The van der Waals surface area contributed by atoms with Gasteiger partial charge in [-0.15, -0.1) is 0 Å². The van der Waals surface area contributed by atoms with E-state index in [1.165, 1.54) is 23.1 Å². The first kappa shape index (κ1) is 17.5. The first-order valence-corrected chi connectivity index (χ1v) is 8.76. The van der Waals surface area contributed by atoms with E-state index in [0.717, 1.165) is 25.7 Å². The van der Waals surface area contributed by atoms with Crippen LogP contribution in [0.3, 0.4) is 0 Å². The minimum atomic E-state index is -0.611. The van der Waals surface area contributed by atoms with Crippen LogP contribution in [0.5, 0.6) is 0 Å². The Kier molecular flexibility index (Phi) is 6.46. The molecule has 0 aromatic carbocycles. The van der Waals surface area contributed by atoms with Crippen LogP contribution in [0.2, 0.25) is 0 Å². The minimum Gasteiger partial charge on any atom is -0.367 e. The van der Waals surface area contributed by atoms with Crippen molar-refractivity contribution in [2.75, 3.05) is 6.61 Å². The largest absolute Gasteiger partial charge is 0.367 e. The topological polar surface area (TPSA) is 29.5 Å². The summed E-state index contributed by atoms with van der Waals surface area (Å²) in [5.74, 6) is 1.31. The lowest BCUT2D eigenvalue weighted by Crippen LogP contribution is -2.29. The summed E-state index contributed by atoms with van der Waals surface area (Å²) in [4.78, 5) is 0. The van der Waals surface area contributed by atoms with E-state index in [1.54, 1.807) is 0 Å². The molecule has 1 aliphatic carbocycles. The Morgan fingerprint density at radius 2 is 2.18 bits per heavy atom. The Morgan fingerprint density at radius 3 is 2.91 bits per heavy atom. The normalized spacial score (nSPS) is 35.0. The van der Waals surface area contributed by atoms with Gasteiger partial charge >= 0.3 is 0 Å². The van der Waals surface area contributed by atoms with E-state index < -0.39 is 6.29 Å². The highest BCUT2D eigenvalue weighted by molar-refractivity contribution is 5.18. The van der Waals surface area contributed by atoms with Gasteiger partial charge in [-0.25, -0.2) is 0 Å². The van der Waals surface area contributed by atoms with Crippen LogP contribution in [0.4, 0.5) is 0 Å². The van der Waals surface area contributed by atoms with Gasteiger partial charge in [0.1, 0.15) is 0 Å². The average molecular weight is 304 g/mol. The molecule has 2 nitrogen and oxygen atoms in total. The van der Waals surface area contributed by atoms with Crippen LogP contribution in [0, 0.1) is 17.8 Å². The van der Waals surface area contributed by atoms with E-state index in [2.05, 4.69) is 45.9 Å².